The Hall–Kier alpha value is -2.03. The summed E-state index contributed by atoms with van der Waals surface area (Å²) in [6, 6.07) is -0.985. The summed E-state index contributed by atoms with van der Waals surface area (Å²) in [5, 5.41) is 15.1. The molecule has 3 rings (SSSR count). The van der Waals surface area contributed by atoms with Gasteiger partial charge in [0.25, 0.3) is 11.8 Å². The number of anilines is 1. The van der Waals surface area contributed by atoms with Crippen molar-refractivity contribution in [3.05, 3.63) is 20.6 Å². The maximum Gasteiger partial charge on any atom is 0.353 e. The fourth-order valence-corrected chi connectivity index (χ4v) is 5.93. The number of carbonyl (C=O) groups is 3. The van der Waals surface area contributed by atoms with Crippen molar-refractivity contribution in [1.29, 1.82) is 0 Å². The lowest BCUT2D eigenvalue weighted by Gasteiger charge is -2.49. The van der Waals surface area contributed by atoms with Gasteiger partial charge in [0.15, 0.2) is 10.8 Å². The Morgan fingerprint density at radius 1 is 1.57 bits per heavy atom. The van der Waals surface area contributed by atoms with Crippen LogP contribution in [0.15, 0.2) is 15.8 Å². The van der Waals surface area contributed by atoms with Gasteiger partial charge in [0.2, 0.25) is 0 Å². The van der Waals surface area contributed by atoms with Crippen molar-refractivity contribution in [2.45, 2.75) is 11.4 Å². The van der Waals surface area contributed by atoms with Gasteiger partial charge in [-0.1, -0.05) is 28.1 Å². The number of nitrogens with zero attached hydrogens (tertiary/aromatic N) is 3. The second-order valence-corrected chi connectivity index (χ2v) is 9.42. The van der Waals surface area contributed by atoms with Gasteiger partial charge in [-0.15, -0.1) is 23.5 Å². The quantitative estimate of drug-likeness (QED) is 0.209. The molecule has 4 N–H and O–H groups in total. The average molecular weight is 496 g/mol. The zero-order chi connectivity index (χ0) is 22.0. The first-order chi connectivity index (χ1) is 14.3. The van der Waals surface area contributed by atoms with Crippen LogP contribution in [0.1, 0.15) is 5.69 Å². The van der Waals surface area contributed by atoms with Crippen LogP contribution in [0.25, 0.3) is 0 Å². The number of rotatable bonds is 8. The number of nitrogens with one attached hydrogen (secondary N) is 1. The molecule has 2 aliphatic heterocycles. The number of hydrogen-bond donors (Lipinski definition) is 3. The first-order valence-electron chi connectivity index (χ1n) is 8.24. The van der Waals surface area contributed by atoms with Crippen LogP contribution in [0, 0.1) is 0 Å². The molecule has 30 heavy (non-hydrogen) atoms. The highest BCUT2D eigenvalue weighted by Crippen LogP contribution is 2.42. The molecule has 15 heteroatoms. The highest BCUT2D eigenvalue weighted by molar-refractivity contribution is 8.05. The van der Waals surface area contributed by atoms with E-state index in [2.05, 4.69) is 15.5 Å². The van der Waals surface area contributed by atoms with E-state index in [-0.39, 0.29) is 26.6 Å². The van der Waals surface area contributed by atoms with Crippen molar-refractivity contribution in [2.75, 3.05) is 31.0 Å². The molecule has 1 aromatic rings. The van der Waals surface area contributed by atoms with E-state index in [9.17, 15) is 23.9 Å². The first kappa shape index (κ1) is 22.7. The van der Waals surface area contributed by atoms with Crippen molar-refractivity contribution in [2.24, 2.45) is 5.16 Å². The molecule has 2 atom stereocenters. The molecule has 3 heterocycles. The normalized spacial score (nSPS) is 21.2. The van der Waals surface area contributed by atoms with E-state index in [1.54, 1.807) is 6.26 Å². The Bertz CT molecular complexity index is 955. The lowest BCUT2D eigenvalue weighted by Crippen LogP contribution is -2.71. The molecule has 0 bridgehead atoms. The van der Waals surface area contributed by atoms with Crippen molar-refractivity contribution in [3.8, 4) is 0 Å². The van der Waals surface area contributed by atoms with E-state index >= 15 is 0 Å². The minimum Gasteiger partial charge on any atom is -0.477 e. The Morgan fingerprint density at radius 2 is 2.30 bits per heavy atom. The fourth-order valence-electron chi connectivity index (χ4n) is 2.76. The number of alkyl halides is 1. The molecule has 0 spiro atoms. The predicted octanol–water partition coefficient (Wildman–Crippen LogP) is 1.13. The van der Waals surface area contributed by atoms with Gasteiger partial charge in [-0.25, -0.2) is 14.2 Å². The van der Waals surface area contributed by atoms with Gasteiger partial charge >= 0.3 is 5.97 Å². The Labute approximate surface area is 187 Å². The number of aliphatic carboxylic acids is 1. The largest absolute Gasteiger partial charge is 0.477 e. The lowest BCUT2D eigenvalue weighted by atomic mass is 10.0. The topological polar surface area (TPSA) is 147 Å². The van der Waals surface area contributed by atoms with Gasteiger partial charge in [-0.2, -0.15) is 0 Å². The summed E-state index contributed by atoms with van der Waals surface area (Å²) < 4.78 is 12.4. The first-order valence-corrected chi connectivity index (χ1v) is 11.7. The van der Waals surface area contributed by atoms with Crippen LogP contribution < -0.4 is 11.1 Å². The maximum absolute atomic E-state index is 12.8. The number of oxime groups is 1. The number of carboxylic acids is 1. The predicted molar refractivity (Wildman–Crippen MR) is 113 cm³/mol. The summed E-state index contributed by atoms with van der Waals surface area (Å²) in [7, 11) is 0. The molecule has 10 nitrogen and oxygen atoms in total. The number of amides is 2. The summed E-state index contributed by atoms with van der Waals surface area (Å²) in [5.74, 6) is -2.23. The molecular formula is C15H15ClFN5O5S3. The number of thioether (sulfide) groups is 2. The molecular weight excluding hydrogens is 481 g/mol. The van der Waals surface area contributed by atoms with Crippen molar-refractivity contribution in [1.82, 2.24) is 15.2 Å². The summed E-state index contributed by atoms with van der Waals surface area (Å²) in [6.45, 7) is -1.23. The number of nitrogen functional groups attached to an aromatic ring is 1. The maximum atomic E-state index is 12.8. The minimum absolute atomic E-state index is 0.0637. The number of thiazole rings is 1. The molecule has 0 aliphatic carbocycles. The number of hydrogen-bond acceptors (Lipinski definition) is 10. The second-order valence-electron chi connectivity index (χ2n) is 5.78. The molecule has 0 unspecified atom stereocenters. The van der Waals surface area contributed by atoms with Gasteiger partial charge in [0.05, 0.1) is 0 Å². The number of halogens is 2. The minimum atomic E-state index is -1.21. The number of carboxylic acid groups (broad SMARTS) is 1. The van der Waals surface area contributed by atoms with Crippen LogP contribution in [0.5, 0.6) is 0 Å². The Morgan fingerprint density at radius 3 is 2.87 bits per heavy atom. The number of β-lactam (4-membered cyclic amide) rings is 1. The zero-order valence-electron chi connectivity index (χ0n) is 15.3. The van der Waals surface area contributed by atoms with Gasteiger partial charge in [-0.05, 0) is 6.26 Å². The molecule has 1 saturated heterocycles. The summed E-state index contributed by atoms with van der Waals surface area (Å²) in [5.41, 5.74) is 5.08. The standard InChI is InChI=1S/C15H15ClFN5O5S3/c1-28-5-4-29-13-8(12(24)22(13)9(5)14(25)26)19-11(23)7(21-27-3-2-17)6-10(16)30-15(18)20-6/h8,13H,2-4H2,1H3,(H2,18,20)(H,19,23)(H,25,26)/t8-,13-/m1/s1. The van der Waals surface area contributed by atoms with Crippen LogP contribution in [0.4, 0.5) is 9.52 Å². The fraction of sp³-hybridized carbons (Fsp3) is 0.400. The highest BCUT2D eigenvalue weighted by Gasteiger charge is 2.54. The summed E-state index contributed by atoms with van der Waals surface area (Å²) >= 11 is 9.52. The molecule has 0 aromatic carbocycles. The number of fused-ring (bicyclic) bond motifs is 1. The second kappa shape index (κ2) is 9.41. The number of nitrogens with two attached hydrogens (primary N) is 1. The molecule has 1 fully saturated rings. The van der Waals surface area contributed by atoms with E-state index in [0.29, 0.717) is 10.7 Å². The van der Waals surface area contributed by atoms with Crippen LogP contribution >= 0.6 is 46.5 Å². The Balaban J connectivity index is 1.81. The molecule has 0 saturated carbocycles. The van der Waals surface area contributed by atoms with E-state index < -0.39 is 42.5 Å². The molecule has 0 radical (unpaired) electrons. The smallest absolute Gasteiger partial charge is 0.353 e. The van der Waals surface area contributed by atoms with E-state index in [1.807, 2.05) is 0 Å². The van der Waals surface area contributed by atoms with Crippen LogP contribution in [-0.4, -0.2) is 75.2 Å². The van der Waals surface area contributed by atoms with E-state index in [0.717, 1.165) is 16.2 Å². The molecule has 2 aliphatic rings. The summed E-state index contributed by atoms with van der Waals surface area (Å²) in [6.07, 6.45) is 1.73. The molecule has 162 valence electrons. The van der Waals surface area contributed by atoms with Crippen molar-refractivity contribution in [3.63, 3.8) is 0 Å². The summed E-state index contributed by atoms with van der Waals surface area (Å²) in [4.78, 5) is 47.4. The average Bonchev–Trinajstić information content (AvgIpc) is 3.05. The SMILES string of the molecule is CSC1=C(C(=O)O)N2C(=O)[C@@H](NC(=O)C(=NOCCF)c3nc(N)sc3Cl)[C@H]2SC1. The van der Waals surface area contributed by atoms with Gasteiger partial charge in [0.1, 0.15) is 40.4 Å². The van der Waals surface area contributed by atoms with Gasteiger partial charge < -0.3 is 21.0 Å². The van der Waals surface area contributed by atoms with E-state index in [4.69, 9.17) is 22.2 Å². The van der Waals surface area contributed by atoms with Crippen LogP contribution in [0.3, 0.4) is 0 Å². The number of aromatic nitrogens is 1. The highest BCUT2D eigenvalue weighted by atomic mass is 35.5. The van der Waals surface area contributed by atoms with E-state index in [1.165, 1.54) is 23.5 Å². The monoisotopic (exact) mass is 495 g/mol. The third-order valence-electron chi connectivity index (χ3n) is 4.03. The van der Waals surface area contributed by atoms with Crippen molar-refractivity contribution >= 4 is 75.1 Å². The van der Waals surface area contributed by atoms with Gasteiger partial charge in [0, 0.05) is 10.7 Å². The zero-order valence-corrected chi connectivity index (χ0v) is 18.5. The van der Waals surface area contributed by atoms with Crippen LogP contribution in [0.2, 0.25) is 4.34 Å². The Kier molecular flexibility index (Phi) is 7.10. The molecule has 1 aromatic heterocycles. The third-order valence-corrected chi connectivity index (χ3v) is 7.41. The lowest BCUT2D eigenvalue weighted by molar-refractivity contribution is -0.150. The van der Waals surface area contributed by atoms with Gasteiger partial charge in [-0.3, -0.25) is 14.5 Å². The number of carbonyl (C=O) groups excluding carboxylic acids is 2. The van der Waals surface area contributed by atoms with Crippen molar-refractivity contribution < 1.29 is 28.7 Å². The van der Waals surface area contributed by atoms with Crippen LogP contribution in [-0.2, 0) is 19.2 Å². The third kappa shape index (κ3) is 4.22. The molecule has 2 amide bonds.